The van der Waals surface area contributed by atoms with E-state index in [1.54, 1.807) is 6.07 Å². The van der Waals surface area contributed by atoms with Crippen molar-refractivity contribution in [1.82, 2.24) is 4.90 Å². The summed E-state index contributed by atoms with van der Waals surface area (Å²) in [6.45, 7) is 1.03. The van der Waals surface area contributed by atoms with Crippen LogP contribution in [-0.4, -0.2) is 29.7 Å². The zero-order chi connectivity index (χ0) is 16.7. The Labute approximate surface area is 134 Å². The van der Waals surface area contributed by atoms with Crippen LogP contribution < -0.4 is 0 Å². The molecule has 0 aliphatic carbocycles. The van der Waals surface area contributed by atoms with Gasteiger partial charge in [0.05, 0.1) is 12.2 Å². The minimum atomic E-state index is -4.36. The van der Waals surface area contributed by atoms with Crippen molar-refractivity contribution in [3.63, 3.8) is 0 Å². The Bertz CT molecular complexity index is 599. The van der Waals surface area contributed by atoms with E-state index in [0.29, 0.717) is 13.1 Å². The Morgan fingerprint density at radius 2 is 1.52 bits per heavy atom. The van der Waals surface area contributed by atoms with Gasteiger partial charge in [0.25, 0.3) is 0 Å². The van der Waals surface area contributed by atoms with E-state index in [4.69, 9.17) is 0 Å². The molecule has 0 amide bonds. The van der Waals surface area contributed by atoms with Crippen LogP contribution in [0.15, 0.2) is 54.6 Å². The summed E-state index contributed by atoms with van der Waals surface area (Å²) in [6, 6.07) is 15.4. The second-order valence-electron chi connectivity index (χ2n) is 5.39. The SMILES string of the molecule is OCCN(CCc1ccccc1)Cc1ccccc1C(F)(F)F. The Kier molecular flexibility index (Phi) is 6.19. The molecule has 124 valence electrons. The summed E-state index contributed by atoms with van der Waals surface area (Å²) in [5.41, 5.74) is 0.753. The van der Waals surface area contributed by atoms with Gasteiger partial charge in [-0.15, -0.1) is 0 Å². The van der Waals surface area contributed by atoms with Gasteiger partial charge in [0, 0.05) is 19.6 Å². The second kappa shape index (κ2) is 8.13. The smallest absolute Gasteiger partial charge is 0.395 e. The molecule has 0 aliphatic heterocycles. The molecule has 0 saturated heterocycles. The van der Waals surface area contributed by atoms with Gasteiger partial charge in [-0.2, -0.15) is 13.2 Å². The van der Waals surface area contributed by atoms with E-state index < -0.39 is 11.7 Å². The highest BCUT2D eigenvalue weighted by Crippen LogP contribution is 2.32. The summed E-state index contributed by atoms with van der Waals surface area (Å²) in [5, 5.41) is 9.18. The fourth-order valence-electron chi connectivity index (χ4n) is 2.52. The molecule has 0 aromatic heterocycles. The maximum atomic E-state index is 13.1. The lowest BCUT2D eigenvalue weighted by molar-refractivity contribution is -0.138. The first-order valence-electron chi connectivity index (χ1n) is 7.53. The Morgan fingerprint density at radius 3 is 2.17 bits per heavy atom. The van der Waals surface area contributed by atoms with Crippen LogP contribution in [-0.2, 0) is 19.1 Å². The molecule has 23 heavy (non-hydrogen) atoms. The van der Waals surface area contributed by atoms with Crippen molar-refractivity contribution in [2.75, 3.05) is 19.7 Å². The molecule has 2 rings (SSSR count). The molecule has 0 aliphatic rings. The van der Waals surface area contributed by atoms with Crippen molar-refractivity contribution in [3.8, 4) is 0 Å². The van der Waals surface area contributed by atoms with Gasteiger partial charge in [0.2, 0.25) is 0 Å². The van der Waals surface area contributed by atoms with Gasteiger partial charge in [-0.25, -0.2) is 0 Å². The topological polar surface area (TPSA) is 23.5 Å². The van der Waals surface area contributed by atoms with Crippen molar-refractivity contribution in [1.29, 1.82) is 0 Å². The number of nitrogens with zero attached hydrogens (tertiary/aromatic N) is 1. The summed E-state index contributed by atoms with van der Waals surface area (Å²) < 4.78 is 39.2. The number of hydrogen-bond donors (Lipinski definition) is 1. The summed E-state index contributed by atoms with van der Waals surface area (Å²) in [4.78, 5) is 1.84. The van der Waals surface area contributed by atoms with Crippen LogP contribution in [0.4, 0.5) is 13.2 Å². The van der Waals surface area contributed by atoms with Crippen LogP contribution in [0.2, 0.25) is 0 Å². The molecule has 0 unspecified atom stereocenters. The van der Waals surface area contributed by atoms with E-state index in [2.05, 4.69) is 0 Å². The first-order valence-corrected chi connectivity index (χ1v) is 7.53. The molecule has 2 aromatic carbocycles. The first-order chi connectivity index (χ1) is 11.0. The lowest BCUT2D eigenvalue weighted by Crippen LogP contribution is -2.29. The van der Waals surface area contributed by atoms with Crippen molar-refractivity contribution in [2.24, 2.45) is 0 Å². The molecule has 0 fully saturated rings. The van der Waals surface area contributed by atoms with Crippen molar-refractivity contribution >= 4 is 0 Å². The second-order valence-corrected chi connectivity index (χ2v) is 5.39. The van der Waals surface area contributed by atoms with Gasteiger partial charge in [-0.1, -0.05) is 48.5 Å². The molecule has 0 atom stereocenters. The molecule has 0 radical (unpaired) electrons. The predicted octanol–water partition coefficient (Wildman–Crippen LogP) is 3.74. The van der Waals surface area contributed by atoms with Gasteiger partial charge in [0.1, 0.15) is 0 Å². The number of halogens is 3. The highest BCUT2D eigenvalue weighted by atomic mass is 19.4. The first kappa shape index (κ1) is 17.5. The van der Waals surface area contributed by atoms with E-state index in [9.17, 15) is 18.3 Å². The molecule has 0 spiro atoms. The number of aliphatic hydroxyl groups excluding tert-OH is 1. The summed E-state index contributed by atoms with van der Waals surface area (Å²) in [5.74, 6) is 0. The van der Waals surface area contributed by atoms with E-state index >= 15 is 0 Å². The van der Waals surface area contributed by atoms with E-state index in [1.807, 2.05) is 35.2 Å². The average molecular weight is 323 g/mol. The quantitative estimate of drug-likeness (QED) is 0.839. The fourth-order valence-corrected chi connectivity index (χ4v) is 2.52. The van der Waals surface area contributed by atoms with E-state index in [-0.39, 0.29) is 18.7 Å². The molecular weight excluding hydrogens is 303 g/mol. The zero-order valence-corrected chi connectivity index (χ0v) is 12.8. The van der Waals surface area contributed by atoms with Crippen LogP contribution in [0.25, 0.3) is 0 Å². The van der Waals surface area contributed by atoms with Crippen molar-refractivity contribution < 1.29 is 18.3 Å². The molecule has 2 aromatic rings. The van der Waals surface area contributed by atoms with Gasteiger partial charge in [-0.3, -0.25) is 4.90 Å². The largest absolute Gasteiger partial charge is 0.416 e. The van der Waals surface area contributed by atoms with Crippen LogP contribution in [0.1, 0.15) is 16.7 Å². The monoisotopic (exact) mass is 323 g/mol. The van der Waals surface area contributed by atoms with Gasteiger partial charge >= 0.3 is 6.18 Å². The summed E-state index contributed by atoms with van der Waals surface area (Å²) >= 11 is 0. The van der Waals surface area contributed by atoms with Gasteiger partial charge in [-0.05, 0) is 23.6 Å². The summed E-state index contributed by atoms with van der Waals surface area (Å²) in [7, 11) is 0. The Hall–Kier alpha value is -1.85. The van der Waals surface area contributed by atoms with E-state index in [0.717, 1.165) is 18.1 Å². The van der Waals surface area contributed by atoms with Gasteiger partial charge < -0.3 is 5.11 Å². The predicted molar refractivity (Wildman–Crippen MR) is 84.0 cm³/mol. The minimum Gasteiger partial charge on any atom is -0.395 e. The molecule has 1 N–H and O–H groups in total. The third kappa shape index (κ3) is 5.37. The van der Waals surface area contributed by atoms with Crippen molar-refractivity contribution in [3.05, 3.63) is 71.3 Å². The number of benzene rings is 2. The fraction of sp³-hybridized carbons (Fsp3) is 0.333. The zero-order valence-electron chi connectivity index (χ0n) is 12.8. The normalized spacial score (nSPS) is 11.9. The maximum absolute atomic E-state index is 13.1. The van der Waals surface area contributed by atoms with Crippen molar-refractivity contribution in [2.45, 2.75) is 19.1 Å². The number of alkyl halides is 3. The van der Waals surface area contributed by atoms with Crippen LogP contribution in [0.3, 0.4) is 0 Å². The van der Waals surface area contributed by atoms with Crippen LogP contribution in [0.5, 0.6) is 0 Å². The standard InChI is InChI=1S/C18H20F3NO/c19-18(20,21)17-9-5-4-8-16(17)14-22(12-13-23)11-10-15-6-2-1-3-7-15/h1-9,23H,10-14H2. The molecule has 0 saturated carbocycles. The third-order valence-electron chi connectivity index (χ3n) is 3.69. The minimum absolute atomic E-state index is 0.0804. The lowest BCUT2D eigenvalue weighted by atomic mass is 10.1. The molecule has 2 nitrogen and oxygen atoms in total. The highest BCUT2D eigenvalue weighted by Gasteiger charge is 2.33. The van der Waals surface area contributed by atoms with Crippen LogP contribution >= 0.6 is 0 Å². The molecular formula is C18H20F3NO. The number of rotatable bonds is 7. The Morgan fingerprint density at radius 1 is 0.870 bits per heavy atom. The third-order valence-corrected chi connectivity index (χ3v) is 3.69. The van der Waals surface area contributed by atoms with Gasteiger partial charge in [0.15, 0.2) is 0 Å². The molecule has 0 heterocycles. The maximum Gasteiger partial charge on any atom is 0.416 e. The number of aliphatic hydroxyl groups is 1. The Balaban J connectivity index is 2.08. The number of hydrogen-bond acceptors (Lipinski definition) is 2. The van der Waals surface area contributed by atoms with Crippen LogP contribution in [0, 0.1) is 0 Å². The summed E-state index contributed by atoms with van der Waals surface area (Å²) in [6.07, 6.45) is -3.63. The lowest BCUT2D eigenvalue weighted by Gasteiger charge is -2.23. The van der Waals surface area contributed by atoms with E-state index in [1.165, 1.54) is 12.1 Å². The molecule has 0 bridgehead atoms. The molecule has 5 heteroatoms. The highest BCUT2D eigenvalue weighted by molar-refractivity contribution is 5.29. The average Bonchev–Trinajstić information content (AvgIpc) is 2.53.